The van der Waals surface area contributed by atoms with Crippen molar-refractivity contribution < 1.29 is 24.3 Å². The van der Waals surface area contributed by atoms with Gasteiger partial charge in [-0.3, -0.25) is 14.4 Å². The molecule has 4 N–H and O–H groups in total. The van der Waals surface area contributed by atoms with Crippen LogP contribution in [0, 0.1) is 0 Å². The van der Waals surface area contributed by atoms with Crippen LogP contribution in [0.2, 0.25) is 0 Å². The van der Waals surface area contributed by atoms with E-state index in [4.69, 9.17) is 0 Å². The molecule has 0 aliphatic heterocycles. The Morgan fingerprint density at radius 3 is 2.38 bits per heavy atom. The van der Waals surface area contributed by atoms with Crippen molar-refractivity contribution in [1.82, 2.24) is 10.3 Å². The smallest absolute Gasteiger partial charge is 0.326 e. The maximum atomic E-state index is 12.5. The summed E-state index contributed by atoms with van der Waals surface area (Å²) in [7, 11) is 0. The van der Waals surface area contributed by atoms with E-state index in [0.29, 0.717) is 11.3 Å². The number of ketones is 1. The van der Waals surface area contributed by atoms with Crippen molar-refractivity contribution >= 4 is 40.2 Å². The lowest BCUT2D eigenvalue weighted by Gasteiger charge is -2.14. The second-order valence-electron chi connectivity index (χ2n) is 7.38. The minimum Gasteiger partial charge on any atom is -0.480 e. The first-order valence-corrected chi connectivity index (χ1v) is 9.93. The Morgan fingerprint density at radius 1 is 1.03 bits per heavy atom. The molecule has 1 unspecified atom stereocenters. The van der Waals surface area contributed by atoms with Crippen molar-refractivity contribution in [2.45, 2.75) is 26.3 Å². The van der Waals surface area contributed by atoms with Crippen LogP contribution in [0.4, 0.5) is 5.69 Å². The molecule has 164 valence electrons. The van der Waals surface area contributed by atoms with Gasteiger partial charge in [0.2, 0.25) is 11.8 Å². The molecule has 0 bridgehead atoms. The van der Waals surface area contributed by atoms with E-state index in [-0.39, 0.29) is 17.8 Å². The molecular formula is C24H23N3O5. The maximum absolute atomic E-state index is 12.5. The fourth-order valence-electron chi connectivity index (χ4n) is 3.22. The number of carboxylic acid groups (broad SMARTS) is 1. The Morgan fingerprint density at radius 2 is 1.72 bits per heavy atom. The maximum Gasteiger partial charge on any atom is 0.326 e. The molecule has 32 heavy (non-hydrogen) atoms. The molecule has 0 aliphatic carbocycles. The van der Waals surface area contributed by atoms with Crippen LogP contribution in [-0.4, -0.2) is 39.7 Å². The second kappa shape index (κ2) is 9.74. The minimum absolute atomic E-state index is 0.0630. The predicted octanol–water partition coefficient (Wildman–Crippen LogP) is 3.07. The lowest BCUT2D eigenvalue weighted by molar-refractivity contribution is -0.141. The van der Waals surface area contributed by atoms with E-state index in [1.165, 1.54) is 13.8 Å². The van der Waals surface area contributed by atoms with E-state index < -0.39 is 23.8 Å². The summed E-state index contributed by atoms with van der Waals surface area (Å²) in [5, 5.41) is 15.5. The van der Waals surface area contributed by atoms with Gasteiger partial charge in [0.1, 0.15) is 6.04 Å². The fraction of sp³-hybridized carbons (Fsp3) is 0.167. The monoisotopic (exact) mass is 433 g/mol. The molecular weight excluding hydrogens is 410 g/mol. The van der Waals surface area contributed by atoms with Gasteiger partial charge in [0.15, 0.2) is 5.78 Å². The van der Waals surface area contributed by atoms with Crippen molar-refractivity contribution in [3.05, 3.63) is 77.5 Å². The number of carbonyl (C=O) groups excluding carboxylic acids is 3. The van der Waals surface area contributed by atoms with Crippen LogP contribution in [0.1, 0.15) is 29.8 Å². The zero-order chi connectivity index (χ0) is 23.3. The molecule has 1 atom stereocenters. The average Bonchev–Trinajstić information content (AvgIpc) is 3.16. The van der Waals surface area contributed by atoms with Crippen molar-refractivity contribution in [3.8, 4) is 0 Å². The third-order valence-electron chi connectivity index (χ3n) is 4.97. The number of hydrogen-bond donors (Lipinski definition) is 4. The van der Waals surface area contributed by atoms with Gasteiger partial charge in [0.25, 0.3) is 0 Å². The van der Waals surface area contributed by atoms with Gasteiger partial charge in [-0.15, -0.1) is 0 Å². The number of aromatic nitrogens is 1. The van der Waals surface area contributed by atoms with E-state index in [0.717, 1.165) is 22.5 Å². The number of hydrogen-bond acceptors (Lipinski definition) is 4. The van der Waals surface area contributed by atoms with Crippen LogP contribution >= 0.6 is 0 Å². The molecule has 8 heteroatoms. The normalized spacial score (nSPS) is 12.2. The predicted molar refractivity (Wildman–Crippen MR) is 120 cm³/mol. The number of fused-ring (bicyclic) bond motifs is 1. The van der Waals surface area contributed by atoms with Crippen molar-refractivity contribution in [3.63, 3.8) is 0 Å². The van der Waals surface area contributed by atoms with Crippen LogP contribution in [0.25, 0.3) is 10.9 Å². The zero-order valence-corrected chi connectivity index (χ0v) is 17.6. The molecule has 8 nitrogen and oxygen atoms in total. The van der Waals surface area contributed by atoms with Gasteiger partial charge >= 0.3 is 5.97 Å². The molecule has 0 spiro atoms. The Kier molecular flexibility index (Phi) is 6.84. The molecule has 0 radical (unpaired) electrons. The van der Waals surface area contributed by atoms with Crippen molar-refractivity contribution in [2.75, 3.05) is 5.32 Å². The molecule has 0 saturated carbocycles. The molecule has 1 aromatic heterocycles. The van der Waals surface area contributed by atoms with E-state index >= 15 is 0 Å². The van der Waals surface area contributed by atoms with Gasteiger partial charge < -0.3 is 20.7 Å². The lowest BCUT2D eigenvalue weighted by Crippen LogP contribution is -2.42. The van der Waals surface area contributed by atoms with Crippen LogP contribution in [0.15, 0.2) is 66.4 Å². The lowest BCUT2D eigenvalue weighted by atomic mass is 10.0. The number of carboxylic acids is 1. The first-order valence-electron chi connectivity index (χ1n) is 9.93. The van der Waals surface area contributed by atoms with Gasteiger partial charge in [0.05, 0.1) is 0 Å². The number of nitrogens with one attached hydrogen (secondary N) is 3. The summed E-state index contributed by atoms with van der Waals surface area (Å²) in [5.41, 5.74) is 2.69. The largest absolute Gasteiger partial charge is 0.480 e. The highest BCUT2D eigenvalue weighted by molar-refractivity contribution is 6.06. The van der Waals surface area contributed by atoms with Gasteiger partial charge in [-0.25, -0.2) is 4.79 Å². The first kappa shape index (κ1) is 22.5. The molecule has 2 amide bonds. The van der Waals surface area contributed by atoms with Gasteiger partial charge in [0, 0.05) is 46.4 Å². The Labute approximate surface area is 184 Å². The van der Waals surface area contributed by atoms with Crippen molar-refractivity contribution in [1.29, 1.82) is 0 Å². The quantitative estimate of drug-likeness (QED) is 0.321. The topological polar surface area (TPSA) is 128 Å². The number of anilines is 1. The summed E-state index contributed by atoms with van der Waals surface area (Å²) in [4.78, 5) is 50.8. The van der Waals surface area contributed by atoms with Crippen LogP contribution in [-0.2, 0) is 20.8 Å². The standard InChI is InChI=1S/C24H23N3O5/c1-14(11-22(29)26-18-9-7-16(8-10-18)15(2)28)23(30)27-21(24(31)32)12-17-13-25-20-6-4-3-5-19(17)20/h3-11,13,21,25H,12H2,1-2H3,(H,26,29)(H,27,30)(H,31,32)/b14-11-. The highest BCUT2D eigenvalue weighted by Gasteiger charge is 2.22. The third kappa shape index (κ3) is 5.48. The Hall–Kier alpha value is -4.20. The zero-order valence-electron chi connectivity index (χ0n) is 17.6. The number of aliphatic carboxylic acids is 1. The van der Waals surface area contributed by atoms with Gasteiger partial charge in [-0.2, -0.15) is 0 Å². The molecule has 2 aromatic carbocycles. The Balaban J connectivity index is 1.65. The number of rotatable bonds is 8. The van der Waals surface area contributed by atoms with E-state index in [2.05, 4.69) is 15.6 Å². The number of aromatic amines is 1. The number of H-pyrrole nitrogens is 1. The highest BCUT2D eigenvalue weighted by Crippen LogP contribution is 2.19. The summed E-state index contributed by atoms with van der Waals surface area (Å²) >= 11 is 0. The van der Waals surface area contributed by atoms with E-state index in [1.54, 1.807) is 30.5 Å². The second-order valence-corrected chi connectivity index (χ2v) is 7.38. The highest BCUT2D eigenvalue weighted by atomic mass is 16.4. The van der Waals surface area contributed by atoms with Crippen molar-refractivity contribution in [2.24, 2.45) is 0 Å². The summed E-state index contributed by atoms with van der Waals surface area (Å²) < 4.78 is 0. The molecule has 3 aromatic rings. The third-order valence-corrected chi connectivity index (χ3v) is 4.97. The summed E-state index contributed by atoms with van der Waals surface area (Å²) in [5.74, 6) is -2.46. The number of Topliss-reactive ketones (excluding diaryl/α,β-unsaturated/α-hetero) is 1. The molecule has 0 saturated heterocycles. The molecule has 3 rings (SSSR count). The Bertz CT molecular complexity index is 1210. The first-order chi connectivity index (χ1) is 15.2. The summed E-state index contributed by atoms with van der Waals surface area (Å²) in [6.45, 7) is 2.87. The van der Waals surface area contributed by atoms with Gasteiger partial charge in [-0.05, 0) is 49.7 Å². The minimum atomic E-state index is -1.17. The van der Waals surface area contributed by atoms with Crippen LogP contribution < -0.4 is 10.6 Å². The number of amides is 2. The number of para-hydroxylation sites is 1. The van der Waals surface area contributed by atoms with E-state index in [1.807, 2.05) is 24.3 Å². The van der Waals surface area contributed by atoms with Crippen LogP contribution in [0.3, 0.4) is 0 Å². The number of benzene rings is 2. The SMILES string of the molecule is CC(=O)c1ccc(NC(=O)/C=C(/C)C(=O)NC(Cc2c[nH]c3ccccc23)C(=O)O)cc1. The van der Waals surface area contributed by atoms with Crippen LogP contribution in [0.5, 0.6) is 0 Å². The molecule has 0 fully saturated rings. The summed E-state index contributed by atoms with van der Waals surface area (Å²) in [6.07, 6.45) is 2.91. The van der Waals surface area contributed by atoms with E-state index in [9.17, 15) is 24.3 Å². The molecule has 1 heterocycles. The molecule has 0 aliphatic rings. The average molecular weight is 433 g/mol. The van der Waals surface area contributed by atoms with Gasteiger partial charge in [-0.1, -0.05) is 18.2 Å². The summed E-state index contributed by atoms with van der Waals surface area (Å²) in [6, 6.07) is 12.7. The number of carbonyl (C=O) groups is 4. The fourth-order valence-corrected chi connectivity index (χ4v) is 3.22.